The Hall–Kier alpha value is -4.05. The lowest BCUT2D eigenvalue weighted by atomic mass is 9.97. The molecule has 0 bridgehead atoms. The van der Waals surface area contributed by atoms with Gasteiger partial charge in [-0.25, -0.2) is 13.4 Å². The molecule has 41 heavy (non-hydrogen) atoms. The van der Waals surface area contributed by atoms with Gasteiger partial charge in [0.2, 0.25) is 10.0 Å². The standard InChI is InChI=1S/C32H32N4O4S/c1-40-28-15-13-25(14-16-28)31-22-30(27-12-11-24-7-5-6-8-26(24)21-27)33-36(31)32(37)23-34-17-19-35(20-18-34)41(38,39)29-9-3-2-4-10-29/h2-16,21,31H,17-20,22-23H2,1H3/t31-/m0/s1. The number of carbonyl (C=O) groups excluding carboxylic acids is 1. The molecule has 2 heterocycles. The summed E-state index contributed by atoms with van der Waals surface area (Å²) in [6.45, 7) is 1.77. The molecule has 1 atom stereocenters. The highest BCUT2D eigenvalue weighted by Crippen LogP contribution is 2.34. The van der Waals surface area contributed by atoms with E-state index in [0.29, 0.717) is 37.5 Å². The Kier molecular flexibility index (Phi) is 7.57. The van der Waals surface area contributed by atoms with E-state index in [4.69, 9.17) is 9.84 Å². The molecule has 1 fully saturated rings. The summed E-state index contributed by atoms with van der Waals surface area (Å²) in [6.07, 6.45) is 0.597. The number of hydrazone groups is 1. The lowest BCUT2D eigenvalue weighted by Gasteiger charge is -2.34. The number of piperazine rings is 1. The average molecular weight is 569 g/mol. The first kappa shape index (κ1) is 27.1. The topological polar surface area (TPSA) is 82.5 Å². The quantitative estimate of drug-likeness (QED) is 0.327. The number of ether oxygens (including phenoxy) is 1. The van der Waals surface area contributed by atoms with Crippen molar-refractivity contribution in [2.75, 3.05) is 39.8 Å². The monoisotopic (exact) mass is 568 g/mol. The fraction of sp³-hybridized carbons (Fsp3) is 0.250. The maximum absolute atomic E-state index is 13.7. The van der Waals surface area contributed by atoms with Crippen molar-refractivity contribution >= 4 is 32.4 Å². The highest BCUT2D eigenvalue weighted by molar-refractivity contribution is 7.89. The first-order valence-corrected chi connectivity index (χ1v) is 15.2. The molecule has 8 nitrogen and oxygen atoms in total. The Morgan fingerprint density at radius 1 is 0.854 bits per heavy atom. The third kappa shape index (κ3) is 5.61. The average Bonchev–Trinajstić information content (AvgIpc) is 3.47. The van der Waals surface area contributed by atoms with E-state index in [1.807, 2.05) is 41.3 Å². The second kappa shape index (κ2) is 11.4. The second-order valence-corrected chi connectivity index (χ2v) is 12.3. The minimum atomic E-state index is -3.55. The van der Waals surface area contributed by atoms with Crippen molar-refractivity contribution < 1.29 is 17.9 Å². The van der Waals surface area contributed by atoms with Gasteiger partial charge in [-0.1, -0.05) is 66.7 Å². The first-order valence-electron chi connectivity index (χ1n) is 13.7. The zero-order valence-corrected chi connectivity index (χ0v) is 23.7. The van der Waals surface area contributed by atoms with Crippen LogP contribution in [0.1, 0.15) is 23.6 Å². The molecule has 1 saturated heterocycles. The molecule has 0 radical (unpaired) electrons. The molecule has 6 rings (SSSR count). The van der Waals surface area contributed by atoms with Gasteiger partial charge < -0.3 is 4.74 Å². The lowest BCUT2D eigenvalue weighted by molar-refractivity contribution is -0.134. The van der Waals surface area contributed by atoms with Crippen molar-refractivity contribution in [1.29, 1.82) is 0 Å². The van der Waals surface area contributed by atoms with Crippen LogP contribution in [-0.2, 0) is 14.8 Å². The summed E-state index contributed by atoms with van der Waals surface area (Å²) >= 11 is 0. The number of carbonyl (C=O) groups is 1. The number of fused-ring (bicyclic) bond motifs is 1. The van der Waals surface area contributed by atoms with Crippen molar-refractivity contribution in [1.82, 2.24) is 14.2 Å². The number of sulfonamides is 1. The number of methoxy groups -OCH3 is 1. The third-order valence-electron chi connectivity index (χ3n) is 7.82. The Morgan fingerprint density at radius 2 is 1.54 bits per heavy atom. The molecule has 0 N–H and O–H groups in total. The van der Waals surface area contributed by atoms with E-state index in [1.54, 1.807) is 42.5 Å². The SMILES string of the molecule is COc1ccc([C@@H]2CC(c3ccc4ccccc4c3)=NN2C(=O)CN2CCN(S(=O)(=O)c3ccccc3)CC2)cc1. The molecule has 0 saturated carbocycles. The van der Waals surface area contributed by atoms with Crippen LogP contribution in [0.3, 0.4) is 0 Å². The van der Waals surface area contributed by atoms with Gasteiger partial charge >= 0.3 is 0 Å². The van der Waals surface area contributed by atoms with Crippen LogP contribution >= 0.6 is 0 Å². The number of hydrogen-bond acceptors (Lipinski definition) is 6. The highest BCUT2D eigenvalue weighted by Gasteiger charge is 2.35. The molecule has 2 aliphatic rings. The van der Waals surface area contributed by atoms with Gasteiger partial charge in [0.05, 0.1) is 30.3 Å². The van der Waals surface area contributed by atoms with Gasteiger partial charge in [-0.05, 0) is 52.2 Å². The minimum absolute atomic E-state index is 0.110. The Labute approximate surface area is 240 Å². The highest BCUT2D eigenvalue weighted by atomic mass is 32.2. The predicted octanol–water partition coefficient (Wildman–Crippen LogP) is 4.53. The zero-order valence-electron chi connectivity index (χ0n) is 22.9. The van der Waals surface area contributed by atoms with Gasteiger partial charge in [0, 0.05) is 32.6 Å². The molecule has 0 spiro atoms. The van der Waals surface area contributed by atoms with Crippen LogP contribution in [0.15, 0.2) is 107 Å². The summed E-state index contributed by atoms with van der Waals surface area (Å²) in [5.74, 6) is 0.643. The fourth-order valence-electron chi connectivity index (χ4n) is 5.50. The van der Waals surface area contributed by atoms with Crippen LogP contribution in [0.4, 0.5) is 0 Å². The molecule has 2 aliphatic heterocycles. The summed E-state index contributed by atoms with van der Waals surface area (Å²) in [7, 11) is -1.92. The van der Waals surface area contributed by atoms with Crippen molar-refractivity contribution in [2.24, 2.45) is 5.10 Å². The maximum Gasteiger partial charge on any atom is 0.257 e. The van der Waals surface area contributed by atoms with Gasteiger partial charge in [-0.3, -0.25) is 9.69 Å². The molecule has 4 aromatic carbocycles. The number of benzene rings is 4. The molecular weight excluding hydrogens is 536 g/mol. The van der Waals surface area contributed by atoms with Gasteiger partial charge in [0.15, 0.2) is 0 Å². The Bertz CT molecular complexity index is 1680. The summed E-state index contributed by atoms with van der Waals surface area (Å²) in [5.41, 5.74) is 2.85. The summed E-state index contributed by atoms with van der Waals surface area (Å²) < 4.78 is 32.9. The zero-order chi connectivity index (χ0) is 28.4. The summed E-state index contributed by atoms with van der Waals surface area (Å²) in [6, 6.07) is 30.5. The third-order valence-corrected chi connectivity index (χ3v) is 9.73. The van der Waals surface area contributed by atoms with Gasteiger partial charge in [-0.15, -0.1) is 0 Å². The summed E-state index contributed by atoms with van der Waals surface area (Å²) in [5, 5.41) is 8.75. The minimum Gasteiger partial charge on any atom is -0.497 e. The predicted molar refractivity (Wildman–Crippen MR) is 159 cm³/mol. The number of rotatable bonds is 7. The molecule has 9 heteroatoms. The maximum atomic E-state index is 13.7. The lowest BCUT2D eigenvalue weighted by Crippen LogP contribution is -2.51. The van der Waals surface area contributed by atoms with E-state index in [9.17, 15) is 13.2 Å². The van der Waals surface area contributed by atoms with E-state index < -0.39 is 10.0 Å². The first-order chi connectivity index (χ1) is 19.9. The van der Waals surface area contributed by atoms with Crippen LogP contribution in [0.5, 0.6) is 5.75 Å². The van der Waals surface area contributed by atoms with Crippen molar-refractivity contribution in [2.45, 2.75) is 17.4 Å². The van der Waals surface area contributed by atoms with E-state index in [-0.39, 0.29) is 18.5 Å². The molecule has 0 aromatic heterocycles. The van der Waals surface area contributed by atoms with E-state index in [0.717, 1.165) is 33.4 Å². The van der Waals surface area contributed by atoms with Crippen molar-refractivity contribution in [3.8, 4) is 5.75 Å². The molecule has 0 aliphatic carbocycles. The van der Waals surface area contributed by atoms with Crippen LogP contribution in [-0.4, -0.2) is 74.1 Å². The van der Waals surface area contributed by atoms with E-state index >= 15 is 0 Å². The summed E-state index contributed by atoms with van der Waals surface area (Å²) in [4.78, 5) is 16.0. The van der Waals surface area contributed by atoms with Gasteiger partial charge in [0.25, 0.3) is 5.91 Å². The Balaban J connectivity index is 1.20. The molecule has 210 valence electrons. The fourth-order valence-corrected chi connectivity index (χ4v) is 6.95. The van der Waals surface area contributed by atoms with Crippen LogP contribution in [0.2, 0.25) is 0 Å². The van der Waals surface area contributed by atoms with E-state index in [2.05, 4.69) is 30.3 Å². The van der Waals surface area contributed by atoms with Crippen LogP contribution in [0.25, 0.3) is 10.8 Å². The second-order valence-electron chi connectivity index (χ2n) is 10.3. The molecule has 1 amide bonds. The number of hydrogen-bond donors (Lipinski definition) is 0. The molecular formula is C32H32N4O4S. The molecule has 0 unspecified atom stereocenters. The van der Waals surface area contributed by atoms with Gasteiger partial charge in [0.1, 0.15) is 5.75 Å². The van der Waals surface area contributed by atoms with Crippen LogP contribution in [0, 0.1) is 0 Å². The van der Waals surface area contributed by atoms with E-state index in [1.165, 1.54) is 4.31 Å². The van der Waals surface area contributed by atoms with Crippen molar-refractivity contribution in [3.05, 3.63) is 108 Å². The normalized spacial score (nSPS) is 18.4. The Morgan fingerprint density at radius 3 is 2.24 bits per heavy atom. The van der Waals surface area contributed by atoms with Crippen LogP contribution < -0.4 is 4.74 Å². The smallest absolute Gasteiger partial charge is 0.257 e. The number of amides is 1. The number of nitrogens with zero attached hydrogens (tertiary/aromatic N) is 4. The largest absolute Gasteiger partial charge is 0.497 e. The molecule has 4 aromatic rings. The van der Waals surface area contributed by atoms with Gasteiger partial charge in [-0.2, -0.15) is 9.41 Å². The van der Waals surface area contributed by atoms with Crippen molar-refractivity contribution in [3.63, 3.8) is 0 Å².